The number of hydrogen-bond acceptors (Lipinski definition) is 3. The maximum atomic E-state index is 12.4. The fourth-order valence-electron chi connectivity index (χ4n) is 1.69. The van der Waals surface area contributed by atoms with E-state index >= 15 is 0 Å². The lowest BCUT2D eigenvalue weighted by molar-refractivity contribution is -0.150. The van der Waals surface area contributed by atoms with Crippen LogP contribution in [-0.2, 0) is 0 Å². The number of halogens is 3. The van der Waals surface area contributed by atoms with E-state index in [1.54, 1.807) is 38.1 Å². The van der Waals surface area contributed by atoms with Gasteiger partial charge in [0, 0.05) is 12.6 Å². The molecular weight excluding hydrogens is 269 g/mol. The average Bonchev–Trinajstić information content (AvgIpc) is 2.36. The molecule has 0 saturated heterocycles. The number of rotatable bonds is 6. The van der Waals surface area contributed by atoms with Crippen molar-refractivity contribution in [3.8, 4) is 11.8 Å². The molecule has 0 aliphatic rings. The zero-order valence-electron chi connectivity index (χ0n) is 11.4. The number of benzene rings is 1. The molecule has 0 aliphatic carbocycles. The van der Waals surface area contributed by atoms with E-state index in [9.17, 15) is 13.2 Å². The highest BCUT2D eigenvalue weighted by atomic mass is 19.4. The summed E-state index contributed by atoms with van der Waals surface area (Å²) in [6.45, 7) is 2.79. The van der Waals surface area contributed by atoms with E-state index in [-0.39, 0.29) is 19.2 Å². The maximum Gasteiger partial charge on any atom is 0.401 e. The summed E-state index contributed by atoms with van der Waals surface area (Å²) in [7, 11) is 0. The first kappa shape index (κ1) is 16.3. The van der Waals surface area contributed by atoms with Gasteiger partial charge in [0.15, 0.2) is 0 Å². The molecular formula is C14H17F3N2O. The van der Waals surface area contributed by atoms with Crippen molar-refractivity contribution in [2.75, 3.05) is 19.7 Å². The Bertz CT molecular complexity index is 466. The number of alkyl halides is 3. The topological polar surface area (TPSA) is 36.3 Å². The molecule has 110 valence electrons. The van der Waals surface area contributed by atoms with Gasteiger partial charge in [0.1, 0.15) is 12.4 Å². The minimum atomic E-state index is -4.22. The van der Waals surface area contributed by atoms with Gasteiger partial charge in [-0.05, 0) is 32.0 Å². The van der Waals surface area contributed by atoms with Crippen LogP contribution in [0.5, 0.6) is 5.75 Å². The van der Waals surface area contributed by atoms with E-state index < -0.39 is 12.7 Å². The van der Waals surface area contributed by atoms with Gasteiger partial charge in [-0.15, -0.1) is 0 Å². The Kier molecular flexibility index (Phi) is 5.83. The number of ether oxygens (including phenoxy) is 1. The van der Waals surface area contributed by atoms with Crippen LogP contribution in [0.25, 0.3) is 0 Å². The van der Waals surface area contributed by atoms with Crippen molar-refractivity contribution in [1.29, 1.82) is 5.26 Å². The minimum Gasteiger partial charge on any atom is -0.492 e. The zero-order chi connectivity index (χ0) is 15.2. The van der Waals surface area contributed by atoms with Crippen LogP contribution in [0.1, 0.15) is 19.4 Å². The van der Waals surface area contributed by atoms with E-state index in [1.165, 1.54) is 4.90 Å². The highest BCUT2D eigenvalue weighted by Gasteiger charge is 2.31. The molecule has 0 aliphatic heterocycles. The molecule has 0 atom stereocenters. The van der Waals surface area contributed by atoms with Crippen LogP contribution in [0.3, 0.4) is 0 Å². The first-order chi connectivity index (χ1) is 9.31. The fraction of sp³-hybridized carbons (Fsp3) is 0.500. The highest BCUT2D eigenvalue weighted by molar-refractivity contribution is 5.36. The van der Waals surface area contributed by atoms with Crippen molar-refractivity contribution in [3.05, 3.63) is 29.8 Å². The van der Waals surface area contributed by atoms with E-state index in [0.717, 1.165) is 0 Å². The Morgan fingerprint density at radius 2 is 2.05 bits per heavy atom. The zero-order valence-corrected chi connectivity index (χ0v) is 11.4. The van der Waals surface area contributed by atoms with E-state index in [1.807, 2.05) is 6.07 Å². The second-order valence-corrected chi connectivity index (χ2v) is 4.67. The molecule has 20 heavy (non-hydrogen) atoms. The van der Waals surface area contributed by atoms with Gasteiger partial charge < -0.3 is 4.74 Å². The Morgan fingerprint density at radius 1 is 1.35 bits per heavy atom. The lowest BCUT2D eigenvalue weighted by atomic mass is 10.2. The lowest BCUT2D eigenvalue weighted by Crippen LogP contribution is -2.41. The largest absolute Gasteiger partial charge is 0.492 e. The second-order valence-electron chi connectivity index (χ2n) is 4.67. The molecule has 0 bridgehead atoms. The Morgan fingerprint density at radius 3 is 2.60 bits per heavy atom. The predicted molar refractivity (Wildman–Crippen MR) is 69.4 cm³/mol. The average molecular weight is 286 g/mol. The summed E-state index contributed by atoms with van der Waals surface area (Å²) >= 11 is 0. The smallest absolute Gasteiger partial charge is 0.401 e. The lowest BCUT2D eigenvalue weighted by Gasteiger charge is -2.27. The van der Waals surface area contributed by atoms with Gasteiger partial charge in [0.05, 0.1) is 18.2 Å². The highest BCUT2D eigenvalue weighted by Crippen LogP contribution is 2.18. The molecule has 3 nitrogen and oxygen atoms in total. The van der Waals surface area contributed by atoms with Crippen LogP contribution < -0.4 is 4.74 Å². The third kappa shape index (κ3) is 5.93. The van der Waals surface area contributed by atoms with E-state index in [2.05, 4.69) is 0 Å². The first-order valence-electron chi connectivity index (χ1n) is 6.25. The molecule has 0 spiro atoms. The van der Waals surface area contributed by atoms with Crippen LogP contribution in [0.4, 0.5) is 13.2 Å². The Labute approximate surface area is 116 Å². The van der Waals surface area contributed by atoms with Gasteiger partial charge in [-0.1, -0.05) is 6.07 Å². The molecule has 0 radical (unpaired) electrons. The minimum absolute atomic E-state index is 0.142. The molecule has 0 amide bonds. The first-order valence-corrected chi connectivity index (χ1v) is 6.25. The molecule has 0 saturated carbocycles. The summed E-state index contributed by atoms with van der Waals surface area (Å²) in [5.41, 5.74) is 0.457. The van der Waals surface area contributed by atoms with Crippen molar-refractivity contribution in [1.82, 2.24) is 4.90 Å². The van der Waals surface area contributed by atoms with Crippen molar-refractivity contribution in [2.24, 2.45) is 0 Å². The summed E-state index contributed by atoms with van der Waals surface area (Å²) in [4.78, 5) is 1.30. The molecule has 6 heteroatoms. The summed E-state index contributed by atoms with van der Waals surface area (Å²) in [5, 5.41) is 8.74. The summed E-state index contributed by atoms with van der Waals surface area (Å²) < 4.78 is 42.6. The van der Waals surface area contributed by atoms with Gasteiger partial charge in [0.25, 0.3) is 0 Å². The second kappa shape index (κ2) is 7.15. The monoisotopic (exact) mass is 286 g/mol. The van der Waals surface area contributed by atoms with Crippen LogP contribution in [0.15, 0.2) is 24.3 Å². The molecule has 1 aromatic rings. The van der Waals surface area contributed by atoms with Crippen LogP contribution >= 0.6 is 0 Å². The number of nitrogens with zero attached hydrogens (tertiary/aromatic N) is 2. The van der Waals surface area contributed by atoms with Crippen molar-refractivity contribution in [2.45, 2.75) is 26.1 Å². The van der Waals surface area contributed by atoms with Crippen LogP contribution in [0.2, 0.25) is 0 Å². The summed E-state index contributed by atoms with van der Waals surface area (Å²) in [6, 6.07) is 8.30. The fourth-order valence-corrected chi connectivity index (χ4v) is 1.69. The van der Waals surface area contributed by atoms with Gasteiger partial charge in [-0.25, -0.2) is 0 Å². The third-order valence-electron chi connectivity index (χ3n) is 2.72. The molecule has 0 fully saturated rings. The Hall–Kier alpha value is -1.74. The molecule has 1 aromatic carbocycles. The van der Waals surface area contributed by atoms with E-state index in [4.69, 9.17) is 10.00 Å². The van der Waals surface area contributed by atoms with E-state index in [0.29, 0.717) is 11.3 Å². The molecule has 1 rings (SSSR count). The predicted octanol–water partition coefficient (Wildman–Crippen LogP) is 3.21. The quantitative estimate of drug-likeness (QED) is 0.805. The SMILES string of the molecule is CC(C)N(CCOc1cccc(C#N)c1)CC(F)(F)F. The molecule has 0 N–H and O–H groups in total. The van der Waals surface area contributed by atoms with Gasteiger partial charge in [-0.3, -0.25) is 4.90 Å². The van der Waals surface area contributed by atoms with Gasteiger partial charge in [-0.2, -0.15) is 18.4 Å². The third-order valence-corrected chi connectivity index (χ3v) is 2.72. The van der Waals surface area contributed by atoms with Gasteiger partial charge >= 0.3 is 6.18 Å². The molecule has 0 unspecified atom stereocenters. The molecule has 0 aromatic heterocycles. The number of nitriles is 1. The summed E-state index contributed by atoms with van der Waals surface area (Å²) in [6.07, 6.45) is -4.22. The van der Waals surface area contributed by atoms with Crippen molar-refractivity contribution in [3.63, 3.8) is 0 Å². The number of hydrogen-bond donors (Lipinski definition) is 0. The molecule has 0 heterocycles. The van der Waals surface area contributed by atoms with Crippen molar-refractivity contribution < 1.29 is 17.9 Å². The Balaban J connectivity index is 2.50. The van der Waals surface area contributed by atoms with Crippen molar-refractivity contribution >= 4 is 0 Å². The standard InChI is InChI=1S/C14H17F3N2O/c1-11(2)19(10-14(15,16)17)6-7-20-13-5-3-4-12(8-13)9-18/h3-5,8,11H,6-7,10H2,1-2H3. The van der Waals surface area contributed by atoms with Crippen LogP contribution in [0, 0.1) is 11.3 Å². The summed E-state index contributed by atoms with van der Waals surface area (Å²) in [5.74, 6) is 0.486. The van der Waals surface area contributed by atoms with Crippen LogP contribution in [-0.4, -0.2) is 36.8 Å². The maximum absolute atomic E-state index is 12.4. The normalized spacial score (nSPS) is 11.7. The van der Waals surface area contributed by atoms with Gasteiger partial charge in [0.2, 0.25) is 0 Å².